The molecule has 1 saturated heterocycles. The number of anilines is 1. The maximum atomic E-state index is 11.3. The molecule has 0 bridgehead atoms. The lowest BCUT2D eigenvalue weighted by atomic mass is 10.3. The molecule has 0 saturated carbocycles. The van der Waals surface area contributed by atoms with Gasteiger partial charge in [-0.3, -0.25) is 9.69 Å². The zero-order valence-electron chi connectivity index (χ0n) is 15.6. The van der Waals surface area contributed by atoms with Gasteiger partial charge in [-0.15, -0.1) is 0 Å². The Morgan fingerprint density at radius 3 is 2.65 bits per heavy atom. The number of benzene rings is 1. The molecule has 0 unspecified atom stereocenters. The molecule has 1 aliphatic heterocycles. The molecule has 0 aliphatic carbocycles. The molecule has 1 aromatic carbocycles. The molecule has 1 aliphatic rings. The molecule has 3 rings (SSSR count). The van der Waals surface area contributed by atoms with Crippen molar-refractivity contribution in [2.24, 2.45) is 0 Å². The van der Waals surface area contributed by atoms with Crippen molar-refractivity contribution in [1.82, 2.24) is 15.2 Å². The first-order valence-corrected chi connectivity index (χ1v) is 9.73. The summed E-state index contributed by atoms with van der Waals surface area (Å²) in [4.78, 5) is 20.8. The summed E-state index contributed by atoms with van der Waals surface area (Å²) in [6, 6.07) is 3.95. The number of aromatic nitrogens is 1. The van der Waals surface area contributed by atoms with Gasteiger partial charge in [0.25, 0.3) is 0 Å². The zero-order valence-corrected chi connectivity index (χ0v) is 16.4. The minimum absolute atomic E-state index is 0.113. The van der Waals surface area contributed by atoms with Crippen molar-refractivity contribution in [3.05, 3.63) is 12.1 Å². The quantitative estimate of drug-likeness (QED) is 0.795. The summed E-state index contributed by atoms with van der Waals surface area (Å²) in [6.45, 7) is 7.28. The van der Waals surface area contributed by atoms with Crippen LogP contribution in [0.2, 0.25) is 0 Å². The van der Waals surface area contributed by atoms with E-state index in [1.54, 1.807) is 25.6 Å². The van der Waals surface area contributed by atoms with E-state index < -0.39 is 0 Å². The van der Waals surface area contributed by atoms with Gasteiger partial charge in [0.2, 0.25) is 5.91 Å². The van der Waals surface area contributed by atoms with Crippen molar-refractivity contribution in [2.45, 2.75) is 13.3 Å². The Bertz CT molecular complexity index is 756. The molecule has 0 radical (unpaired) electrons. The van der Waals surface area contributed by atoms with Gasteiger partial charge in [0.15, 0.2) is 16.6 Å². The number of thiazole rings is 1. The fourth-order valence-electron chi connectivity index (χ4n) is 3.07. The van der Waals surface area contributed by atoms with Crippen molar-refractivity contribution in [3.8, 4) is 11.5 Å². The molecule has 142 valence electrons. The Labute approximate surface area is 157 Å². The number of rotatable bonds is 7. The second-order valence-electron chi connectivity index (χ2n) is 6.18. The van der Waals surface area contributed by atoms with Crippen LogP contribution in [0.15, 0.2) is 12.1 Å². The van der Waals surface area contributed by atoms with E-state index in [1.165, 1.54) is 0 Å². The predicted octanol–water partition coefficient (Wildman–Crippen LogP) is 1.96. The maximum absolute atomic E-state index is 11.3. The van der Waals surface area contributed by atoms with Gasteiger partial charge in [0.1, 0.15) is 5.52 Å². The number of fused-ring (bicyclic) bond motifs is 1. The summed E-state index contributed by atoms with van der Waals surface area (Å²) >= 11 is 1.68. The summed E-state index contributed by atoms with van der Waals surface area (Å²) in [5.74, 6) is 1.51. The molecule has 2 heterocycles. The third kappa shape index (κ3) is 4.02. The molecule has 1 fully saturated rings. The van der Waals surface area contributed by atoms with E-state index in [0.29, 0.717) is 24.5 Å². The first-order valence-electron chi connectivity index (χ1n) is 8.91. The highest BCUT2D eigenvalue weighted by molar-refractivity contribution is 7.22. The van der Waals surface area contributed by atoms with E-state index in [9.17, 15) is 4.79 Å². The lowest BCUT2D eigenvalue weighted by Crippen LogP contribution is -2.48. The van der Waals surface area contributed by atoms with E-state index in [2.05, 4.69) is 15.1 Å². The highest BCUT2D eigenvalue weighted by Crippen LogP contribution is 2.39. The van der Waals surface area contributed by atoms with Crippen LogP contribution in [0.4, 0.5) is 5.13 Å². The Hall–Kier alpha value is -2.06. The average molecular weight is 378 g/mol. The summed E-state index contributed by atoms with van der Waals surface area (Å²) in [6.07, 6.45) is 0.541. The van der Waals surface area contributed by atoms with Gasteiger partial charge < -0.3 is 19.7 Å². The van der Waals surface area contributed by atoms with Crippen LogP contribution in [0.3, 0.4) is 0 Å². The third-order valence-electron chi connectivity index (χ3n) is 4.61. The fraction of sp³-hybridized carbons (Fsp3) is 0.556. The number of hydrogen-bond donors (Lipinski definition) is 1. The fourth-order valence-corrected chi connectivity index (χ4v) is 4.09. The highest BCUT2D eigenvalue weighted by atomic mass is 32.1. The number of nitrogens with zero attached hydrogens (tertiary/aromatic N) is 3. The molecule has 1 aromatic heterocycles. The molecule has 0 atom stereocenters. The molecule has 1 amide bonds. The van der Waals surface area contributed by atoms with Crippen LogP contribution in [0.1, 0.15) is 13.3 Å². The van der Waals surface area contributed by atoms with Crippen molar-refractivity contribution < 1.29 is 14.3 Å². The van der Waals surface area contributed by atoms with Crippen molar-refractivity contribution >= 4 is 32.6 Å². The number of ether oxygens (including phenoxy) is 2. The minimum atomic E-state index is 0.113. The molecule has 8 heteroatoms. The van der Waals surface area contributed by atoms with Gasteiger partial charge in [0, 0.05) is 45.7 Å². The maximum Gasteiger partial charge on any atom is 0.219 e. The number of carbonyl (C=O) groups excluding carboxylic acids is 1. The standard InChI is InChI=1S/C18H26N4O3S/c1-4-15(23)19-7-8-21-9-11-22(12-10-21)18-20-16-14(26-18)6-5-13(24-2)17(16)25-3/h5-6H,4,7-12H2,1-3H3,(H,19,23). The van der Waals surface area contributed by atoms with Crippen LogP contribution >= 0.6 is 11.3 Å². The second-order valence-corrected chi connectivity index (χ2v) is 7.19. The third-order valence-corrected chi connectivity index (χ3v) is 5.69. The number of amides is 1. The van der Waals surface area contributed by atoms with Crippen LogP contribution in [-0.2, 0) is 4.79 Å². The highest BCUT2D eigenvalue weighted by Gasteiger charge is 2.21. The molecular formula is C18H26N4O3S. The first kappa shape index (κ1) is 18.7. The van der Waals surface area contributed by atoms with E-state index in [4.69, 9.17) is 14.5 Å². The van der Waals surface area contributed by atoms with Gasteiger partial charge in [-0.05, 0) is 12.1 Å². The van der Waals surface area contributed by atoms with Crippen LogP contribution < -0.4 is 19.7 Å². The lowest BCUT2D eigenvalue weighted by molar-refractivity contribution is -0.120. The Balaban J connectivity index is 1.62. The summed E-state index contributed by atoms with van der Waals surface area (Å²) in [5, 5.41) is 3.95. The van der Waals surface area contributed by atoms with Gasteiger partial charge >= 0.3 is 0 Å². The number of methoxy groups -OCH3 is 2. The number of carbonyl (C=O) groups is 1. The van der Waals surface area contributed by atoms with Gasteiger partial charge in [-0.1, -0.05) is 18.3 Å². The smallest absolute Gasteiger partial charge is 0.219 e. The zero-order chi connectivity index (χ0) is 18.5. The molecular weight excluding hydrogens is 352 g/mol. The number of piperazine rings is 1. The van der Waals surface area contributed by atoms with Crippen LogP contribution in [0.25, 0.3) is 10.2 Å². The molecule has 0 spiro atoms. The van der Waals surface area contributed by atoms with Crippen molar-refractivity contribution in [3.63, 3.8) is 0 Å². The van der Waals surface area contributed by atoms with E-state index in [-0.39, 0.29) is 5.91 Å². The normalized spacial score (nSPS) is 15.3. The Morgan fingerprint density at radius 1 is 1.23 bits per heavy atom. The van der Waals surface area contributed by atoms with E-state index in [1.807, 2.05) is 19.1 Å². The second kappa shape index (κ2) is 8.55. The van der Waals surface area contributed by atoms with Crippen molar-refractivity contribution in [2.75, 3.05) is 58.4 Å². The molecule has 1 N–H and O–H groups in total. The van der Waals surface area contributed by atoms with Crippen LogP contribution in [0, 0.1) is 0 Å². The molecule has 2 aromatic rings. The first-order chi connectivity index (χ1) is 12.7. The van der Waals surface area contributed by atoms with E-state index >= 15 is 0 Å². The average Bonchev–Trinajstić information content (AvgIpc) is 3.11. The SMILES string of the molecule is CCC(=O)NCCN1CCN(c2nc3c(OC)c(OC)ccc3s2)CC1. The predicted molar refractivity (Wildman–Crippen MR) is 105 cm³/mol. The molecule has 7 nitrogen and oxygen atoms in total. The van der Waals surface area contributed by atoms with Gasteiger partial charge in [-0.25, -0.2) is 4.98 Å². The van der Waals surface area contributed by atoms with E-state index in [0.717, 1.165) is 48.1 Å². The summed E-state index contributed by atoms with van der Waals surface area (Å²) in [5.41, 5.74) is 0.858. The van der Waals surface area contributed by atoms with Gasteiger partial charge in [0.05, 0.1) is 18.9 Å². The summed E-state index contributed by atoms with van der Waals surface area (Å²) < 4.78 is 12.0. The minimum Gasteiger partial charge on any atom is -0.493 e. The number of hydrogen-bond acceptors (Lipinski definition) is 7. The number of nitrogens with one attached hydrogen (secondary N) is 1. The Kier molecular flexibility index (Phi) is 6.16. The van der Waals surface area contributed by atoms with Crippen LogP contribution in [-0.4, -0.2) is 69.3 Å². The van der Waals surface area contributed by atoms with Crippen molar-refractivity contribution in [1.29, 1.82) is 0 Å². The van der Waals surface area contributed by atoms with Crippen LogP contribution in [0.5, 0.6) is 11.5 Å². The lowest BCUT2D eigenvalue weighted by Gasteiger charge is -2.34. The largest absolute Gasteiger partial charge is 0.493 e. The molecule has 26 heavy (non-hydrogen) atoms. The summed E-state index contributed by atoms with van der Waals surface area (Å²) in [7, 11) is 3.28. The van der Waals surface area contributed by atoms with Gasteiger partial charge in [-0.2, -0.15) is 0 Å². The topological polar surface area (TPSA) is 66.9 Å². The monoisotopic (exact) mass is 378 g/mol. The Morgan fingerprint density at radius 2 is 2.00 bits per heavy atom.